The number of hydrogen-bond donors (Lipinski definition) is 2. The molecular formula is C11H13FN2O. The second-order valence-corrected chi connectivity index (χ2v) is 3.88. The first-order valence-electron chi connectivity index (χ1n) is 5.00. The van der Waals surface area contributed by atoms with Crippen molar-refractivity contribution < 1.29 is 9.18 Å². The van der Waals surface area contributed by atoms with E-state index in [1.807, 2.05) is 0 Å². The molecule has 3 nitrogen and oxygen atoms in total. The molecule has 1 aliphatic carbocycles. The summed E-state index contributed by atoms with van der Waals surface area (Å²) in [6.45, 7) is 0.763. The van der Waals surface area contributed by atoms with Crippen molar-refractivity contribution in [3.05, 3.63) is 29.6 Å². The number of benzene rings is 1. The van der Waals surface area contributed by atoms with Crippen molar-refractivity contribution in [3.8, 4) is 0 Å². The second kappa shape index (κ2) is 3.88. The summed E-state index contributed by atoms with van der Waals surface area (Å²) in [5, 5.41) is 2.99. The lowest BCUT2D eigenvalue weighted by atomic mass is 10.2. The molecule has 1 saturated carbocycles. The standard InChI is InChI=1S/C11H13FN2O/c12-9-4-3-8(11(13)15)5-10(9)14-6-7-1-2-7/h3-5,7,14H,1-2,6H2,(H2,13,15). The number of carbonyl (C=O) groups excluding carboxylic acids is 1. The lowest BCUT2D eigenvalue weighted by Gasteiger charge is -2.07. The molecule has 0 bridgehead atoms. The van der Waals surface area contributed by atoms with E-state index in [1.54, 1.807) is 0 Å². The average molecular weight is 208 g/mol. The van der Waals surface area contributed by atoms with Crippen LogP contribution in [0.2, 0.25) is 0 Å². The predicted molar refractivity (Wildman–Crippen MR) is 56.1 cm³/mol. The van der Waals surface area contributed by atoms with E-state index in [0.717, 1.165) is 6.54 Å². The van der Waals surface area contributed by atoms with Gasteiger partial charge in [-0.05, 0) is 37.0 Å². The molecule has 3 N–H and O–H groups in total. The number of halogens is 1. The van der Waals surface area contributed by atoms with Crippen LogP contribution in [0.4, 0.5) is 10.1 Å². The van der Waals surface area contributed by atoms with Crippen molar-refractivity contribution in [2.45, 2.75) is 12.8 Å². The number of anilines is 1. The molecule has 4 heteroatoms. The molecule has 0 radical (unpaired) electrons. The molecule has 1 aliphatic rings. The molecule has 0 atom stereocenters. The summed E-state index contributed by atoms with van der Waals surface area (Å²) in [5.74, 6) is -0.230. The van der Waals surface area contributed by atoms with Gasteiger partial charge in [-0.25, -0.2) is 4.39 Å². The zero-order valence-corrected chi connectivity index (χ0v) is 8.29. The zero-order valence-electron chi connectivity index (χ0n) is 8.29. The molecule has 0 spiro atoms. The Balaban J connectivity index is 2.12. The first-order chi connectivity index (χ1) is 7.16. The van der Waals surface area contributed by atoms with Crippen LogP contribution >= 0.6 is 0 Å². The quantitative estimate of drug-likeness (QED) is 0.792. The molecule has 2 rings (SSSR count). The average Bonchev–Trinajstić information content (AvgIpc) is 3.00. The van der Waals surface area contributed by atoms with Gasteiger partial charge in [-0.2, -0.15) is 0 Å². The van der Waals surface area contributed by atoms with E-state index in [0.29, 0.717) is 17.2 Å². The van der Waals surface area contributed by atoms with Crippen LogP contribution in [0.25, 0.3) is 0 Å². The van der Waals surface area contributed by atoms with Gasteiger partial charge in [0.2, 0.25) is 5.91 Å². The van der Waals surface area contributed by atoms with Gasteiger partial charge in [-0.1, -0.05) is 0 Å². The minimum Gasteiger partial charge on any atom is -0.382 e. The van der Waals surface area contributed by atoms with Crippen LogP contribution in [0.15, 0.2) is 18.2 Å². The van der Waals surface area contributed by atoms with Crippen molar-refractivity contribution in [3.63, 3.8) is 0 Å². The third kappa shape index (κ3) is 2.46. The second-order valence-electron chi connectivity index (χ2n) is 3.88. The largest absolute Gasteiger partial charge is 0.382 e. The summed E-state index contributed by atoms with van der Waals surface area (Å²) < 4.78 is 13.3. The number of carbonyl (C=O) groups is 1. The number of nitrogens with one attached hydrogen (secondary N) is 1. The van der Waals surface area contributed by atoms with Crippen LogP contribution in [-0.4, -0.2) is 12.5 Å². The van der Waals surface area contributed by atoms with Gasteiger partial charge in [0.1, 0.15) is 5.82 Å². The number of hydrogen-bond acceptors (Lipinski definition) is 2. The third-order valence-electron chi connectivity index (χ3n) is 2.53. The first kappa shape index (κ1) is 9.96. The minimum atomic E-state index is -0.538. The highest BCUT2D eigenvalue weighted by atomic mass is 19.1. The summed E-state index contributed by atoms with van der Waals surface area (Å²) in [7, 11) is 0. The maximum Gasteiger partial charge on any atom is 0.248 e. The highest BCUT2D eigenvalue weighted by Crippen LogP contribution is 2.29. The van der Waals surface area contributed by atoms with Crippen LogP contribution in [-0.2, 0) is 0 Å². The monoisotopic (exact) mass is 208 g/mol. The molecule has 0 aliphatic heterocycles. The van der Waals surface area contributed by atoms with Gasteiger partial charge in [0, 0.05) is 12.1 Å². The fraction of sp³-hybridized carbons (Fsp3) is 0.364. The van der Waals surface area contributed by atoms with Crippen LogP contribution in [0, 0.1) is 11.7 Å². The van der Waals surface area contributed by atoms with Crippen molar-refractivity contribution in [1.29, 1.82) is 0 Å². The number of amides is 1. The number of nitrogens with two attached hydrogens (primary N) is 1. The molecule has 1 amide bonds. The smallest absolute Gasteiger partial charge is 0.248 e. The van der Waals surface area contributed by atoms with Gasteiger partial charge in [0.05, 0.1) is 5.69 Å². The van der Waals surface area contributed by atoms with E-state index >= 15 is 0 Å². The highest BCUT2D eigenvalue weighted by Gasteiger charge is 2.21. The summed E-state index contributed by atoms with van der Waals surface area (Å²) >= 11 is 0. The van der Waals surface area contributed by atoms with Gasteiger partial charge in [-0.15, -0.1) is 0 Å². The first-order valence-corrected chi connectivity index (χ1v) is 5.00. The summed E-state index contributed by atoms with van der Waals surface area (Å²) in [6.07, 6.45) is 2.40. The fourth-order valence-corrected chi connectivity index (χ4v) is 1.39. The summed E-state index contributed by atoms with van der Waals surface area (Å²) in [5.41, 5.74) is 5.80. The van der Waals surface area contributed by atoms with E-state index in [1.165, 1.54) is 31.0 Å². The Bertz CT molecular complexity index is 388. The Morgan fingerprint density at radius 3 is 2.87 bits per heavy atom. The van der Waals surface area contributed by atoms with Crippen LogP contribution in [0.3, 0.4) is 0 Å². The summed E-state index contributed by atoms with van der Waals surface area (Å²) in [4.78, 5) is 10.9. The van der Waals surface area contributed by atoms with Crippen LogP contribution in [0.5, 0.6) is 0 Å². The van der Waals surface area contributed by atoms with Gasteiger partial charge >= 0.3 is 0 Å². The van der Waals surface area contributed by atoms with Gasteiger partial charge in [0.25, 0.3) is 0 Å². The molecule has 0 heterocycles. The van der Waals surface area contributed by atoms with E-state index in [4.69, 9.17) is 5.73 Å². The molecule has 0 unspecified atom stereocenters. The van der Waals surface area contributed by atoms with Crippen LogP contribution in [0.1, 0.15) is 23.2 Å². The molecule has 1 aromatic rings. The Hall–Kier alpha value is -1.58. The summed E-state index contributed by atoms with van der Waals surface area (Å²) in [6, 6.07) is 4.11. The van der Waals surface area contributed by atoms with E-state index in [-0.39, 0.29) is 5.82 Å². The maximum absolute atomic E-state index is 13.3. The molecular weight excluding hydrogens is 195 g/mol. The SMILES string of the molecule is NC(=O)c1ccc(F)c(NCC2CC2)c1. The number of primary amides is 1. The van der Waals surface area contributed by atoms with Crippen LogP contribution < -0.4 is 11.1 Å². The van der Waals surface area contributed by atoms with Crippen molar-refractivity contribution >= 4 is 11.6 Å². The molecule has 80 valence electrons. The molecule has 15 heavy (non-hydrogen) atoms. The molecule has 0 saturated heterocycles. The van der Waals surface area contributed by atoms with E-state index < -0.39 is 5.91 Å². The van der Waals surface area contributed by atoms with Crippen molar-refractivity contribution in [2.24, 2.45) is 11.7 Å². The lowest BCUT2D eigenvalue weighted by molar-refractivity contribution is 0.100. The Morgan fingerprint density at radius 1 is 1.53 bits per heavy atom. The van der Waals surface area contributed by atoms with Crippen molar-refractivity contribution in [2.75, 3.05) is 11.9 Å². The number of rotatable bonds is 4. The fourth-order valence-electron chi connectivity index (χ4n) is 1.39. The maximum atomic E-state index is 13.3. The minimum absolute atomic E-state index is 0.328. The predicted octanol–water partition coefficient (Wildman–Crippen LogP) is 1.75. The molecule has 1 aromatic carbocycles. The van der Waals surface area contributed by atoms with E-state index in [2.05, 4.69) is 5.32 Å². The highest BCUT2D eigenvalue weighted by molar-refractivity contribution is 5.93. The van der Waals surface area contributed by atoms with Gasteiger partial charge < -0.3 is 11.1 Å². The van der Waals surface area contributed by atoms with E-state index in [9.17, 15) is 9.18 Å². The third-order valence-corrected chi connectivity index (χ3v) is 2.53. The zero-order chi connectivity index (χ0) is 10.8. The Morgan fingerprint density at radius 2 is 2.27 bits per heavy atom. The Kier molecular flexibility index (Phi) is 2.58. The molecule has 1 fully saturated rings. The topological polar surface area (TPSA) is 55.1 Å². The normalized spacial score (nSPS) is 15.0. The van der Waals surface area contributed by atoms with Gasteiger partial charge in [0.15, 0.2) is 0 Å². The van der Waals surface area contributed by atoms with Gasteiger partial charge in [-0.3, -0.25) is 4.79 Å². The molecule has 0 aromatic heterocycles. The Labute approximate surface area is 87.5 Å². The van der Waals surface area contributed by atoms with Crippen molar-refractivity contribution in [1.82, 2.24) is 0 Å². The lowest BCUT2D eigenvalue weighted by Crippen LogP contribution is -2.12.